The zero-order chi connectivity index (χ0) is 29.7. The maximum atomic E-state index is 14.0. The van der Waals surface area contributed by atoms with E-state index in [9.17, 15) is 18.0 Å². The molecule has 1 atom stereocenters. The van der Waals surface area contributed by atoms with E-state index in [2.05, 4.69) is 5.32 Å². The van der Waals surface area contributed by atoms with Gasteiger partial charge in [-0.2, -0.15) is 0 Å². The molecule has 3 aromatic carbocycles. The fraction of sp³-hybridized carbons (Fsp3) is 0.333. The molecule has 0 fully saturated rings. The standard InChI is InChI=1S/C30H36ClN3O5S/c1-21-12-15-24(31)18-27(21)34(40(37,38)26-10-8-7-9-11-26)20-28(35)33(22(2)29(36)32-30(3,4)5)19-23-13-16-25(39-6)17-14-23/h7-18,22H,19-20H2,1-6H3,(H,32,36)/t22-/m0/s1. The van der Waals surface area contributed by atoms with E-state index in [4.69, 9.17) is 16.3 Å². The van der Waals surface area contributed by atoms with Gasteiger partial charge in [-0.1, -0.05) is 48.0 Å². The number of methoxy groups -OCH3 is 1. The number of amides is 2. The molecule has 40 heavy (non-hydrogen) atoms. The summed E-state index contributed by atoms with van der Waals surface area (Å²) in [5.74, 6) is -0.256. The number of nitrogens with zero attached hydrogens (tertiary/aromatic N) is 2. The van der Waals surface area contributed by atoms with Crippen LogP contribution in [0.15, 0.2) is 77.7 Å². The van der Waals surface area contributed by atoms with E-state index in [0.717, 1.165) is 9.87 Å². The lowest BCUT2D eigenvalue weighted by Crippen LogP contribution is -2.54. The molecular weight excluding hydrogens is 550 g/mol. The van der Waals surface area contributed by atoms with Gasteiger partial charge in [-0.05, 0) is 82.1 Å². The zero-order valence-corrected chi connectivity index (χ0v) is 25.2. The summed E-state index contributed by atoms with van der Waals surface area (Å²) in [5.41, 5.74) is 1.12. The monoisotopic (exact) mass is 585 g/mol. The molecule has 0 unspecified atom stereocenters. The van der Waals surface area contributed by atoms with Crippen LogP contribution in [0.1, 0.15) is 38.8 Å². The fourth-order valence-electron chi connectivity index (χ4n) is 4.07. The normalized spacial score (nSPS) is 12.4. The van der Waals surface area contributed by atoms with E-state index >= 15 is 0 Å². The maximum absolute atomic E-state index is 14.0. The van der Waals surface area contributed by atoms with Gasteiger partial charge in [-0.15, -0.1) is 0 Å². The van der Waals surface area contributed by atoms with Crippen molar-refractivity contribution in [3.63, 3.8) is 0 Å². The Morgan fingerprint density at radius 2 is 1.62 bits per heavy atom. The molecule has 0 aliphatic carbocycles. The zero-order valence-electron chi connectivity index (χ0n) is 23.6. The number of aryl methyl sites for hydroxylation is 1. The molecule has 0 saturated heterocycles. The summed E-state index contributed by atoms with van der Waals surface area (Å²) in [6.45, 7) is 8.47. The van der Waals surface area contributed by atoms with Crippen LogP contribution in [-0.2, 0) is 26.2 Å². The summed E-state index contributed by atoms with van der Waals surface area (Å²) in [4.78, 5) is 28.6. The van der Waals surface area contributed by atoms with Gasteiger partial charge >= 0.3 is 0 Å². The van der Waals surface area contributed by atoms with Gasteiger partial charge in [0, 0.05) is 17.1 Å². The van der Waals surface area contributed by atoms with E-state index in [0.29, 0.717) is 16.3 Å². The molecule has 0 bridgehead atoms. The van der Waals surface area contributed by atoms with Crippen LogP contribution in [-0.4, -0.2) is 50.4 Å². The number of benzene rings is 3. The van der Waals surface area contributed by atoms with Gasteiger partial charge in [0.05, 0.1) is 17.7 Å². The van der Waals surface area contributed by atoms with Crippen molar-refractivity contribution in [2.45, 2.75) is 57.6 Å². The first-order valence-corrected chi connectivity index (χ1v) is 14.6. The molecule has 0 aliphatic rings. The number of ether oxygens (including phenoxy) is 1. The first kappa shape index (κ1) is 31.0. The smallest absolute Gasteiger partial charge is 0.264 e. The second-order valence-corrected chi connectivity index (χ2v) is 12.8. The average molecular weight is 586 g/mol. The van der Waals surface area contributed by atoms with Crippen molar-refractivity contribution in [3.05, 3.63) is 88.9 Å². The topological polar surface area (TPSA) is 96.0 Å². The number of anilines is 1. The maximum Gasteiger partial charge on any atom is 0.264 e. The number of sulfonamides is 1. The summed E-state index contributed by atoms with van der Waals surface area (Å²) in [7, 11) is -2.61. The quantitative estimate of drug-likeness (QED) is 0.353. The highest BCUT2D eigenvalue weighted by Gasteiger charge is 2.34. The number of nitrogens with one attached hydrogen (secondary N) is 1. The third-order valence-electron chi connectivity index (χ3n) is 6.23. The van der Waals surface area contributed by atoms with Gasteiger partial charge in [0.2, 0.25) is 11.8 Å². The van der Waals surface area contributed by atoms with E-state index in [-0.39, 0.29) is 23.0 Å². The third-order valence-corrected chi connectivity index (χ3v) is 8.24. The van der Waals surface area contributed by atoms with Crippen molar-refractivity contribution in [1.82, 2.24) is 10.2 Å². The van der Waals surface area contributed by atoms with Gasteiger partial charge in [-0.3, -0.25) is 13.9 Å². The molecule has 3 rings (SSSR count). The van der Waals surface area contributed by atoms with Crippen LogP contribution in [0.5, 0.6) is 5.75 Å². The molecule has 8 nitrogen and oxygen atoms in total. The Bertz CT molecular complexity index is 1440. The lowest BCUT2D eigenvalue weighted by atomic mass is 10.1. The summed E-state index contributed by atoms with van der Waals surface area (Å²) < 4.78 is 34.1. The van der Waals surface area contributed by atoms with Gasteiger partial charge in [0.15, 0.2) is 0 Å². The molecule has 3 aromatic rings. The Morgan fingerprint density at radius 1 is 1.00 bits per heavy atom. The highest BCUT2D eigenvalue weighted by atomic mass is 35.5. The SMILES string of the molecule is COc1ccc(CN(C(=O)CN(c2cc(Cl)ccc2C)S(=O)(=O)c2ccccc2)[C@@H](C)C(=O)NC(C)(C)C)cc1. The Morgan fingerprint density at radius 3 is 2.20 bits per heavy atom. The van der Waals surface area contributed by atoms with Gasteiger partial charge in [-0.25, -0.2) is 8.42 Å². The molecule has 214 valence electrons. The molecule has 0 heterocycles. The van der Waals surface area contributed by atoms with Crippen LogP contribution in [0.2, 0.25) is 5.02 Å². The number of hydrogen-bond donors (Lipinski definition) is 1. The summed E-state index contributed by atoms with van der Waals surface area (Å²) in [5, 5.41) is 3.24. The third kappa shape index (κ3) is 7.76. The Balaban J connectivity index is 2.06. The largest absolute Gasteiger partial charge is 0.497 e. The van der Waals surface area contributed by atoms with Crippen LogP contribution in [0.25, 0.3) is 0 Å². The number of carbonyl (C=O) groups is 2. The number of rotatable bonds is 10. The lowest BCUT2D eigenvalue weighted by molar-refractivity contribution is -0.140. The average Bonchev–Trinajstić information content (AvgIpc) is 2.91. The summed E-state index contributed by atoms with van der Waals surface area (Å²) >= 11 is 6.26. The van der Waals surface area contributed by atoms with Crippen molar-refractivity contribution in [2.75, 3.05) is 18.0 Å². The molecule has 10 heteroatoms. The Kier molecular flexibility index (Phi) is 9.87. The van der Waals surface area contributed by atoms with E-state index in [1.54, 1.807) is 75.6 Å². The van der Waals surface area contributed by atoms with Crippen LogP contribution < -0.4 is 14.4 Å². The minimum atomic E-state index is -4.17. The first-order valence-electron chi connectivity index (χ1n) is 12.8. The lowest BCUT2D eigenvalue weighted by Gasteiger charge is -2.34. The molecule has 0 aromatic heterocycles. The van der Waals surface area contributed by atoms with E-state index in [1.165, 1.54) is 23.1 Å². The molecule has 2 amide bonds. The molecule has 0 saturated carbocycles. The second-order valence-electron chi connectivity index (χ2n) is 10.5. The summed E-state index contributed by atoms with van der Waals surface area (Å²) in [6.07, 6.45) is 0. The molecule has 0 aliphatic heterocycles. The fourth-order valence-corrected chi connectivity index (χ4v) is 5.73. The predicted molar refractivity (Wildman–Crippen MR) is 158 cm³/mol. The van der Waals surface area contributed by atoms with E-state index < -0.39 is 34.1 Å². The number of halogens is 1. The highest BCUT2D eigenvalue weighted by molar-refractivity contribution is 7.92. The Labute approximate surface area is 241 Å². The molecular formula is C30H36ClN3O5S. The summed E-state index contributed by atoms with van der Waals surface area (Å²) in [6, 6.07) is 19.0. The van der Waals surface area contributed by atoms with E-state index in [1.807, 2.05) is 20.8 Å². The predicted octanol–water partition coefficient (Wildman–Crippen LogP) is 5.18. The number of hydrogen-bond acceptors (Lipinski definition) is 5. The van der Waals surface area contributed by atoms with Crippen LogP contribution >= 0.6 is 11.6 Å². The van der Waals surface area contributed by atoms with Gasteiger partial charge in [0.25, 0.3) is 10.0 Å². The van der Waals surface area contributed by atoms with Crippen LogP contribution in [0.4, 0.5) is 5.69 Å². The number of carbonyl (C=O) groups excluding carboxylic acids is 2. The van der Waals surface area contributed by atoms with Crippen LogP contribution in [0.3, 0.4) is 0 Å². The minimum Gasteiger partial charge on any atom is -0.497 e. The first-order chi connectivity index (χ1) is 18.7. The molecule has 0 radical (unpaired) electrons. The Hall–Kier alpha value is -3.56. The molecule has 0 spiro atoms. The van der Waals surface area contributed by atoms with Crippen molar-refractivity contribution in [2.24, 2.45) is 0 Å². The second kappa shape index (κ2) is 12.7. The molecule has 1 N–H and O–H groups in total. The van der Waals surface area contributed by atoms with Crippen molar-refractivity contribution >= 4 is 39.1 Å². The van der Waals surface area contributed by atoms with Crippen LogP contribution in [0, 0.1) is 6.92 Å². The van der Waals surface area contributed by atoms with Gasteiger partial charge in [0.1, 0.15) is 18.3 Å². The minimum absolute atomic E-state index is 0.0300. The highest BCUT2D eigenvalue weighted by Crippen LogP contribution is 2.30. The van der Waals surface area contributed by atoms with Crippen molar-refractivity contribution < 1.29 is 22.7 Å². The van der Waals surface area contributed by atoms with Crippen molar-refractivity contribution in [3.8, 4) is 5.75 Å². The van der Waals surface area contributed by atoms with Gasteiger partial charge < -0.3 is 15.0 Å². The van der Waals surface area contributed by atoms with Crippen molar-refractivity contribution in [1.29, 1.82) is 0 Å².